The first kappa shape index (κ1) is 22.4. The third-order valence-electron chi connectivity index (χ3n) is 4.67. The van der Waals surface area contributed by atoms with E-state index in [9.17, 15) is 9.59 Å². The van der Waals surface area contributed by atoms with Gasteiger partial charge in [-0.2, -0.15) is 0 Å². The molecule has 0 radical (unpaired) electrons. The summed E-state index contributed by atoms with van der Waals surface area (Å²) in [5.41, 5.74) is 1.76. The maximum Gasteiger partial charge on any atom is 0.268 e. The lowest BCUT2D eigenvalue weighted by atomic mass is 10.0. The summed E-state index contributed by atoms with van der Waals surface area (Å²) in [6, 6.07) is 6.49. The van der Waals surface area contributed by atoms with Crippen molar-refractivity contribution in [2.45, 2.75) is 38.6 Å². The molecular weight excluding hydrogens is 370 g/mol. The Labute approximate surface area is 172 Å². The van der Waals surface area contributed by atoms with Gasteiger partial charge < -0.3 is 10.1 Å². The molecule has 7 heteroatoms. The predicted molar refractivity (Wildman–Crippen MR) is 112 cm³/mol. The van der Waals surface area contributed by atoms with E-state index in [-0.39, 0.29) is 11.8 Å². The van der Waals surface area contributed by atoms with Crippen LogP contribution in [0.2, 0.25) is 0 Å². The average molecular weight is 399 g/mol. The molecule has 1 aromatic carbocycles. The van der Waals surface area contributed by atoms with E-state index in [0.29, 0.717) is 35.7 Å². The number of carbonyl (C=O) groups is 2. The molecule has 7 nitrogen and oxygen atoms in total. The number of hydrogen-bond donors (Lipinski definition) is 1. The lowest BCUT2D eigenvalue weighted by molar-refractivity contribution is -0.171. The largest absolute Gasteiger partial charge is 0.478 e. The summed E-state index contributed by atoms with van der Waals surface area (Å²) in [5.74, 6) is -0.159. The fourth-order valence-corrected chi connectivity index (χ4v) is 3.05. The minimum atomic E-state index is -0.669. The number of hydroxylamine groups is 2. The second kappa shape index (κ2) is 11.2. The molecule has 0 saturated heterocycles. The molecule has 0 aliphatic carbocycles. The van der Waals surface area contributed by atoms with Crippen LogP contribution in [0.1, 0.15) is 48.5 Å². The van der Waals surface area contributed by atoms with E-state index in [1.807, 2.05) is 19.1 Å². The van der Waals surface area contributed by atoms with E-state index in [1.165, 1.54) is 14.2 Å². The van der Waals surface area contributed by atoms with Gasteiger partial charge >= 0.3 is 0 Å². The zero-order valence-electron chi connectivity index (χ0n) is 17.3. The highest BCUT2D eigenvalue weighted by Crippen LogP contribution is 2.16. The van der Waals surface area contributed by atoms with E-state index in [2.05, 4.69) is 16.9 Å². The van der Waals surface area contributed by atoms with Gasteiger partial charge in [0.25, 0.3) is 11.8 Å². The van der Waals surface area contributed by atoms with Gasteiger partial charge in [0.05, 0.1) is 13.7 Å². The standard InChI is InChI=1S/C22H29N3O4/c1-5-11-20-23-16(2)17-12-8-9-13-18(17)21(26)24-19(22(27)25(3)28-4)14-7-6-10-15-29-20/h5,8-9,11-13,19H,1,6-7,10,14-15H2,2-4H3,(H,24,26)/b20-11+,23-16+. The highest BCUT2D eigenvalue weighted by Gasteiger charge is 2.25. The van der Waals surface area contributed by atoms with Gasteiger partial charge in [0, 0.05) is 23.9 Å². The van der Waals surface area contributed by atoms with Crippen LogP contribution in [-0.4, -0.2) is 49.4 Å². The van der Waals surface area contributed by atoms with Crippen LogP contribution in [0, 0.1) is 0 Å². The topological polar surface area (TPSA) is 80.2 Å². The second-order valence-corrected chi connectivity index (χ2v) is 6.73. The Morgan fingerprint density at radius 1 is 1.31 bits per heavy atom. The zero-order chi connectivity index (χ0) is 21.2. The number of benzene rings is 1. The number of ether oxygens (including phenoxy) is 1. The Balaban J connectivity index is 2.42. The smallest absolute Gasteiger partial charge is 0.268 e. The summed E-state index contributed by atoms with van der Waals surface area (Å²) >= 11 is 0. The van der Waals surface area contributed by atoms with E-state index < -0.39 is 6.04 Å². The molecule has 0 saturated carbocycles. The van der Waals surface area contributed by atoms with Crippen LogP contribution >= 0.6 is 0 Å². The van der Waals surface area contributed by atoms with Crippen LogP contribution in [-0.2, 0) is 14.4 Å². The molecule has 156 valence electrons. The molecule has 0 bridgehead atoms. The molecule has 0 fully saturated rings. The number of nitrogens with zero attached hydrogens (tertiary/aromatic N) is 2. The summed E-state index contributed by atoms with van der Waals surface area (Å²) in [6.45, 7) is 6.04. The molecule has 2 amide bonds. The number of aliphatic imine (C=N–C) groups is 1. The van der Waals surface area contributed by atoms with Gasteiger partial charge in [-0.05, 0) is 38.3 Å². The lowest BCUT2D eigenvalue weighted by Crippen LogP contribution is -2.47. The first-order chi connectivity index (χ1) is 14.0. The van der Waals surface area contributed by atoms with Gasteiger partial charge in [-0.15, -0.1) is 0 Å². The van der Waals surface area contributed by atoms with Crippen molar-refractivity contribution in [2.24, 2.45) is 4.99 Å². The van der Waals surface area contributed by atoms with Crippen molar-refractivity contribution < 1.29 is 19.2 Å². The monoisotopic (exact) mass is 399 g/mol. The summed E-state index contributed by atoms with van der Waals surface area (Å²) in [6.07, 6.45) is 6.28. The van der Waals surface area contributed by atoms with E-state index in [0.717, 1.165) is 24.3 Å². The molecule has 29 heavy (non-hydrogen) atoms. The number of fused-ring (bicyclic) bond motifs is 1. The number of hydrogen-bond acceptors (Lipinski definition) is 5. The maximum atomic E-state index is 13.0. The minimum absolute atomic E-state index is 0.289. The van der Waals surface area contributed by atoms with E-state index in [1.54, 1.807) is 24.3 Å². The Morgan fingerprint density at radius 3 is 2.72 bits per heavy atom. The number of nitrogens with one attached hydrogen (secondary N) is 1. The second-order valence-electron chi connectivity index (χ2n) is 6.73. The third-order valence-corrected chi connectivity index (χ3v) is 4.67. The Hall–Kier alpha value is -2.93. The maximum absolute atomic E-state index is 13.0. The third kappa shape index (κ3) is 6.29. The molecule has 1 aliphatic rings. The molecular formula is C22H29N3O4. The number of allylic oxidation sites excluding steroid dienone is 2. The van der Waals surface area contributed by atoms with Crippen LogP contribution < -0.4 is 5.32 Å². The SMILES string of the molecule is C=C/C=C1\N=C(/C)c2ccccc2C(=O)NC(C(=O)N(C)OC)CCCCCO1. The van der Waals surface area contributed by atoms with Gasteiger partial charge in [-0.3, -0.25) is 14.4 Å². The molecule has 0 aromatic heterocycles. The predicted octanol–water partition coefficient (Wildman–Crippen LogP) is 3.23. The van der Waals surface area contributed by atoms with Crippen molar-refractivity contribution in [1.82, 2.24) is 10.4 Å². The van der Waals surface area contributed by atoms with Crippen molar-refractivity contribution in [3.05, 3.63) is 60.0 Å². The van der Waals surface area contributed by atoms with Gasteiger partial charge in [-0.1, -0.05) is 37.3 Å². The van der Waals surface area contributed by atoms with Crippen LogP contribution in [0.4, 0.5) is 0 Å². The molecule has 1 heterocycles. The number of carbonyl (C=O) groups excluding carboxylic acids is 2. The van der Waals surface area contributed by atoms with Gasteiger partial charge in [0.2, 0.25) is 5.88 Å². The van der Waals surface area contributed by atoms with Crippen molar-refractivity contribution in [2.75, 3.05) is 20.8 Å². The summed E-state index contributed by atoms with van der Waals surface area (Å²) in [4.78, 5) is 35.2. The van der Waals surface area contributed by atoms with E-state index in [4.69, 9.17) is 9.57 Å². The number of rotatable bonds is 3. The molecule has 1 unspecified atom stereocenters. The van der Waals surface area contributed by atoms with Crippen molar-refractivity contribution >= 4 is 17.5 Å². The normalized spacial score (nSPS) is 21.6. The van der Waals surface area contributed by atoms with Crippen LogP contribution in [0.25, 0.3) is 0 Å². The van der Waals surface area contributed by atoms with Gasteiger partial charge in [0.1, 0.15) is 6.04 Å². The highest BCUT2D eigenvalue weighted by molar-refractivity contribution is 6.10. The first-order valence-corrected chi connectivity index (χ1v) is 9.70. The van der Waals surface area contributed by atoms with Crippen LogP contribution in [0.3, 0.4) is 0 Å². The zero-order valence-corrected chi connectivity index (χ0v) is 17.3. The quantitative estimate of drug-likeness (QED) is 0.792. The molecule has 1 aromatic rings. The van der Waals surface area contributed by atoms with E-state index >= 15 is 0 Å². The minimum Gasteiger partial charge on any atom is -0.478 e. The molecule has 0 spiro atoms. The van der Waals surface area contributed by atoms with Crippen molar-refractivity contribution in [1.29, 1.82) is 0 Å². The lowest BCUT2D eigenvalue weighted by Gasteiger charge is -2.23. The molecule has 2 rings (SSSR count). The first-order valence-electron chi connectivity index (χ1n) is 9.70. The highest BCUT2D eigenvalue weighted by atomic mass is 16.7. The molecule has 1 atom stereocenters. The average Bonchev–Trinajstić information content (AvgIpc) is 2.73. The Kier molecular flexibility index (Phi) is 8.61. The summed E-state index contributed by atoms with van der Waals surface area (Å²) < 4.78 is 5.78. The van der Waals surface area contributed by atoms with Gasteiger partial charge in [0.15, 0.2) is 0 Å². The summed E-state index contributed by atoms with van der Waals surface area (Å²) in [5, 5.41) is 4.01. The number of amides is 2. The molecule has 1 N–H and O–H groups in total. The Morgan fingerprint density at radius 2 is 2.03 bits per heavy atom. The fraction of sp³-hybridized carbons (Fsp3) is 0.409. The molecule has 1 aliphatic heterocycles. The van der Waals surface area contributed by atoms with Crippen molar-refractivity contribution in [3.63, 3.8) is 0 Å². The van der Waals surface area contributed by atoms with Crippen LogP contribution in [0.15, 0.2) is 53.9 Å². The Bertz CT molecular complexity index is 801. The summed E-state index contributed by atoms with van der Waals surface area (Å²) in [7, 11) is 2.95. The number of likely N-dealkylation sites (N-methyl/N-ethyl adjacent to an activating group) is 1. The van der Waals surface area contributed by atoms with Crippen molar-refractivity contribution in [3.8, 4) is 0 Å². The van der Waals surface area contributed by atoms with Gasteiger partial charge in [-0.25, -0.2) is 10.1 Å². The fourth-order valence-electron chi connectivity index (χ4n) is 3.05. The van der Waals surface area contributed by atoms with Crippen LogP contribution in [0.5, 0.6) is 0 Å².